The van der Waals surface area contributed by atoms with E-state index >= 15 is 0 Å². The van der Waals surface area contributed by atoms with Crippen molar-refractivity contribution in [2.24, 2.45) is 0 Å². The van der Waals surface area contributed by atoms with E-state index in [0.29, 0.717) is 5.88 Å². The maximum atomic E-state index is 6.43. The minimum absolute atomic E-state index is 0.0468. The highest BCUT2D eigenvalue weighted by Crippen LogP contribution is 2.45. The lowest BCUT2D eigenvalue weighted by atomic mass is 9.33. The van der Waals surface area contributed by atoms with Crippen LogP contribution in [-0.4, -0.2) is 16.7 Å². The van der Waals surface area contributed by atoms with Gasteiger partial charge in [-0.05, 0) is 123 Å². The van der Waals surface area contributed by atoms with Crippen LogP contribution in [0.3, 0.4) is 0 Å². The van der Waals surface area contributed by atoms with Gasteiger partial charge in [0.1, 0.15) is 5.75 Å². The molecule has 9 rings (SSSR count). The third-order valence-corrected chi connectivity index (χ3v) is 10.8. The molecule has 0 amide bonds. The number of fused-ring (bicyclic) bond motifs is 4. The monoisotopic (exact) mass is 702 g/mol. The van der Waals surface area contributed by atoms with Crippen molar-refractivity contribution in [1.29, 1.82) is 0 Å². The molecule has 2 aromatic heterocycles. The topological polar surface area (TPSA) is 41.5 Å². The highest BCUT2D eigenvalue weighted by molar-refractivity contribution is 7.00. The van der Waals surface area contributed by atoms with Crippen molar-refractivity contribution in [3.05, 3.63) is 163 Å². The van der Waals surface area contributed by atoms with Crippen LogP contribution in [0.15, 0.2) is 152 Å². The van der Waals surface area contributed by atoms with Crippen molar-refractivity contribution in [3.63, 3.8) is 0 Å². The first-order chi connectivity index (χ1) is 26.0. The fourth-order valence-corrected chi connectivity index (χ4v) is 7.98. The van der Waals surface area contributed by atoms with Gasteiger partial charge in [0.2, 0.25) is 5.88 Å². The second kappa shape index (κ2) is 12.8. The molecule has 7 aromatic rings. The Morgan fingerprint density at radius 3 is 1.59 bits per heavy atom. The van der Waals surface area contributed by atoms with Gasteiger partial charge in [-0.1, -0.05) is 96.1 Å². The molecule has 5 aromatic carbocycles. The minimum Gasteiger partial charge on any atom is -0.439 e. The maximum Gasteiger partial charge on any atom is 0.252 e. The molecule has 0 atom stereocenters. The van der Waals surface area contributed by atoms with E-state index in [1.54, 1.807) is 6.20 Å². The number of hydrogen-bond acceptors (Lipinski definition) is 5. The molecule has 0 N–H and O–H groups in total. The summed E-state index contributed by atoms with van der Waals surface area (Å²) in [5, 5.41) is 0. The summed E-state index contributed by atoms with van der Waals surface area (Å²) in [5.41, 5.74) is 15.2. The molecule has 0 saturated heterocycles. The van der Waals surface area contributed by atoms with E-state index in [4.69, 9.17) is 9.72 Å². The van der Waals surface area contributed by atoms with E-state index < -0.39 is 0 Å². The number of anilines is 6. The van der Waals surface area contributed by atoms with Crippen LogP contribution in [0, 0.1) is 0 Å². The van der Waals surface area contributed by atoms with E-state index in [-0.39, 0.29) is 17.5 Å². The summed E-state index contributed by atoms with van der Waals surface area (Å²) in [6, 6.07) is 50.1. The Morgan fingerprint density at radius 1 is 0.500 bits per heavy atom. The molecule has 2 aliphatic rings. The van der Waals surface area contributed by atoms with Crippen molar-refractivity contribution in [1.82, 2.24) is 9.97 Å². The smallest absolute Gasteiger partial charge is 0.252 e. The van der Waals surface area contributed by atoms with Crippen molar-refractivity contribution in [2.75, 3.05) is 9.80 Å². The number of ether oxygens (including phenoxy) is 1. The Morgan fingerprint density at radius 2 is 1.06 bits per heavy atom. The van der Waals surface area contributed by atoms with Crippen LogP contribution in [0.5, 0.6) is 11.6 Å². The number of rotatable bonds is 5. The van der Waals surface area contributed by atoms with E-state index in [0.717, 1.165) is 51.1 Å². The molecule has 54 heavy (non-hydrogen) atoms. The Bertz CT molecular complexity index is 2470. The lowest BCUT2D eigenvalue weighted by Gasteiger charge is -2.44. The third-order valence-electron chi connectivity index (χ3n) is 10.8. The van der Waals surface area contributed by atoms with Gasteiger partial charge < -0.3 is 14.5 Å². The summed E-state index contributed by atoms with van der Waals surface area (Å²) < 4.78 is 6.43. The van der Waals surface area contributed by atoms with Gasteiger partial charge in [-0.3, -0.25) is 4.98 Å². The molecule has 0 spiro atoms. The zero-order chi connectivity index (χ0) is 37.2. The van der Waals surface area contributed by atoms with Crippen LogP contribution < -0.4 is 30.9 Å². The number of aromatic nitrogens is 2. The second-order valence-corrected chi connectivity index (χ2v) is 16.4. The van der Waals surface area contributed by atoms with Gasteiger partial charge in [0, 0.05) is 52.6 Å². The van der Waals surface area contributed by atoms with E-state index in [9.17, 15) is 0 Å². The van der Waals surface area contributed by atoms with Gasteiger partial charge in [0.05, 0.1) is 5.69 Å². The van der Waals surface area contributed by atoms with Crippen LogP contribution in [0.4, 0.5) is 34.1 Å². The quantitative estimate of drug-likeness (QED) is 0.167. The average molecular weight is 703 g/mol. The first-order valence-corrected chi connectivity index (χ1v) is 18.8. The zero-order valence-corrected chi connectivity index (χ0v) is 31.7. The van der Waals surface area contributed by atoms with Crippen LogP contribution in [-0.2, 0) is 10.8 Å². The summed E-state index contributed by atoms with van der Waals surface area (Å²) in [5.74, 6) is 1.31. The molecule has 0 aliphatic carbocycles. The molecule has 0 fully saturated rings. The average Bonchev–Trinajstić information content (AvgIpc) is 3.18. The lowest BCUT2D eigenvalue weighted by Crippen LogP contribution is -2.61. The van der Waals surface area contributed by atoms with Gasteiger partial charge in [-0.25, -0.2) is 4.98 Å². The van der Waals surface area contributed by atoms with E-state index in [1.807, 2.05) is 30.5 Å². The maximum absolute atomic E-state index is 6.43. The summed E-state index contributed by atoms with van der Waals surface area (Å²) in [6.45, 7) is 13.5. The number of pyridine rings is 2. The lowest BCUT2D eigenvalue weighted by molar-refractivity contribution is 0.463. The molecule has 4 heterocycles. The molecular weight excluding hydrogens is 659 g/mol. The molecular formula is C48H43BN4O. The molecule has 0 bridgehead atoms. The van der Waals surface area contributed by atoms with Gasteiger partial charge in [-0.15, -0.1) is 0 Å². The van der Waals surface area contributed by atoms with E-state index in [1.165, 1.54) is 27.5 Å². The van der Waals surface area contributed by atoms with Gasteiger partial charge in [-0.2, -0.15) is 0 Å². The fraction of sp³-hybridized carbons (Fsp3) is 0.167. The van der Waals surface area contributed by atoms with E-state index in [2.05, 4.69) is 172 Å². The largest absolute Gasteiger partial charge is 0.439 e. The summed E-state index contributed by atoms with van der Waals surface area (Å²) in [7, 11) is 0. The van der Waals surface area contributed by atoms with Crippen molar-refractivity contribution < 1.29 is 4.74 Å². The van der Waals surface area contributed by atoms with Crippen molar-refractivity contribution in [3.8, 4) is 22.9 Å². The first-order valence-electron chi connectivity index (χ1n) is 18.8. The van der Waals surface area contributed by atoms with Gasteiger partial charge >= 0.3 is 0 Å². The Balaban J connectivity index is 1.31. The SMILES string of the molecule is CC(C)(C)c1ccc(N2c3ccc(Oc4ccccn4)cc3B3c4cc(-c5ccccn5)ccc4N(c4ccc(C(C)(C)C)cc4)c4cccc2c43)cc1. The number of hydrogen-bond donors (Lipinski definition) is 0. The second-order valence-electron chi connectivity index (χ2n) is 16.4. The summed E-state index contributed by atoms with van der Waals surface area (Å²) >= 11 is 0. The summed E-state index contributed by atoms with van der Waals surface area (Å²) in [4.78, 5) is 14.1. The molecule has 0 radical (unpaired) electrons. The third kappa shape index (κ3) is 5.83. The Labute approximate surface area is 319 Å². The minimum atomic E-state index is -0.0765. The van der Waals surface area contributed by atoms with Gasteiger partial charge in [0.15, 0.2) is 0 Å². The fourth-order valence-electron chi connectivity index (χ4n) is 7.98. The highest BCUT2D eigenvalue weighted by Gasteiger charge is 2.43. The summed E-state index contributed by atoms with van der Waals surface area (Å²) in [6.07, 6.45) is 3.63. The molecule has 2 aliphatic heterocycles. The standard InChI is InChI=1S/C48H43BN4O/c1-47(2,3)33-17-21-35(22-18-33)52-41-26-16-32(40-12-7-9-28-50-40)30-38(41)49-39-31-37(54-45-15-8-10-29-51-45)25-27-42(39)53(44-14-11-13-43(52)46(44)49)36-23-19-34(20-24-36)48(4,5)6/h7-31H,1-6H3. The first kappa shape index (κ1) is 33.7. The molecule has 6 heteroatoms. The molecule has 0 saturated carbocycles. The molecule has 5 nitrogen and oxygen atoms in total. The highest BCUT2D eigenvalue weighted by atomic mass is 16.5. The van der Waals surface area contributed by atoms with Crippen molar-refractivity contribution >= 4 is 57.2 Å². The zero-order valence-electron chi connectivity index (χ0n) is 31.7. The Hall–Kier alpha value is -6.14. The Kier molecular flexibility index (Phi) is 7.97. The predicted molar refractivity (Wildman–Crippen MR) is 225 cm³/mol. The predicted octanol–water partition coefficient (Wildman–Crippen LogP) is 10.6. The van der Waals surface area contributed by atoms with Crippen LogP contribution in [0.1, 0.15) is 52.7 Å². The van der Waals surface area contributed by atoms with Crippen molar-refractivity contribution in [2.45, 2.75) is 52.4 Å². The number of nitrogens with zero attached hydrogens (tertiary/aromatic N) is 4. The van der Waals surface area contributed by atoms with Gasteiger partial charge in [0.25, 0.3) is 6.71 Å². The van der Waals surface area contributed by atoms with Crippen LogP contribution in [0.25, 0.3) is 11.3 Å². The van der Waals surface area contributed by atoms with Crippen LogP contribution >= 0.6 is 0 Å². The van der Waals surface area contributed by atoms with Crippen LogP contribution in [0.2, 0.25) is 0 Å². The molecule has 264 valence electrons. The molecule has 0 unspecified atom stereocenters. The normalized spacial score (nSPS) is 13.3. The number of benzene rings is 5.